The Morgan fingerprint density at radius 3 is 1.29 bits per heavy atom. The lowest BCUT2D eigenvalue weighted by molar-refractivity contribution is 0.344. The first-order valence-electron chi connectivity index (χ1n) is 11.1. The molecule has 0 spiro atoms. The van der Waals surface area contributed by atoms with E-state index < -0.39 is 0 Å². The van der Waals surface area contributed by atoms with Gasteiger partial charge in [0.1, 0.15) is 17.2 Å². The van der Waals surface area contributed by atoms with Crippen LogP contribution in [0.25, 0.3) is 0 Å². The van der Waals surface area contributed by atoms with Gasteiger partial charge < -0.3 is 15.3 Å². The molecule has 164 valence electrons. The fraction of sp³-hybridized carbons (Fsp3) is 0.357. The highest BCUT2D eigenvalue weighted by molar-refractivity contribution is 5.52. The van der Waals surface area contributed by atoms with Gasteiger partial charge in [-0.2, -0.15) is 0 Å². The summed E-state index contributed by atoms with van der Waals surface area (Å²) in [6.45, 7) is 7.93. The zero-order chi connectivity index (χ0) is 22.6. The molecule has 0 amide bonds. The zero-order valence-electron chi connectivity index (χ0n) is 19.1. The van der Waals surface area contributed by atoms with Gasteiger partial charge in [-0.3, -0.25) is 0 Å². The molecule has 31 heavy (non-hydrogen) atoms. The fourth-order valence-corrected chi connectivity index (χ4v) is 4.79. The average Bonchev–Trinajstić information content (AvgIpc) is 2.76. The van der Waals surface area contributed by atoms with Crippen LogP contribution in [0.5, 0.6) is 17.2 Å². The standard InChI is InChI=1S/C22H28O2.C6H6O/c1-14-10-18(11-15(2)20(14)23)22(8-6-5-7-9-22)19-12-16(3)21(24)17(4)13-19;7-6-4-2-1-3-5-6/h10-13,23-24H,5-9H2,1-4H3;1-5,7H. The quantitative estimate of drug-likeness (QED) is 0.421. The number of benzene rings is 3. The van der Waals surface area contributed by atoms with Crippen molar-refractivity contribution in [2.45, 2.75) is 65.2 Å². The van der Waals surface area contributed by atoms with Crippen molar-refractivity contribution in [3.8, 4) is 17.2 Å². The average molecular weight is 419 g/mol. The summed E-state index contributed by atoms with van der Waals surface area (Å²) in [6, 6.07) is 17.3. The molecule has 3 aromatic carbocycles. The number of para-hydroxylation sites is 1. The monoisotopic (exact) mass is 418 g/mol. The van der Waals surface area contributed by atoms with E-state index in [4.69, 9.17) is 5.11 Å². The summed E-state index contributed by atoms with van der Waals surface area (Å²) in [5.41, 5.74) is 6.39. The summed E-state index contributed by atoms with van der Waals surface area (Å²) in [7, 11) is 0. The largest absolute Gasteiger partial charge is 0.508 e. The molecule has 4 rings (SSSR count). The molecule has 1 aliphatic carbocycles. The molecule has 0 bridgehead atoms. The molecule has 1 saturated carbocycles. The first kappa shape index (κ1) is 22.7. The Balaban J connectivity index is 0.000000330. The summed E-state index contributed by atoms with van der Waals surface area (Å²) < 4.78 is 0. The van der Waals surface area contributed by atoms with Crippen LogP contribution in [0, 0.1) is 27.7 Å². The first-order chi connectivity index (χ1) is 14.7. The third kappa shape index (κ3) is 4.87. The van der Waals surface area contributed by atoms with E-state index in [2.05, 4.69) is 24.3 Å². The van der Waals surface area contributed by atoms with Gasteiger partial charge in [0, 0.05) is 5.41 Å². The number of hydrogen-bond acceptors (Lipinski definition) is 3. The maximum atomic E-state index is 10.2. The van der Waals surface area contributed by atoms with Gasteiger partial charge in [-0.25, -0.2) is 0 Å². The van der Waals surface area contributed by atoms with Crippen LogP contribution in [0.3, 0.4) is 0 Å². The van der Waals surface area contributed by atoms with Crippen molar-refractivity contribution in [3.05, 3.63) is 88.0 Å². The number of rotatable bonds is 2. The molecule has 0 saturated heterocycles. The van der Waals surface area contributed by atoms with E-state index in [0.717, 1.165) is 35.1 Å². The third-order valence-electron chi connectivity index (χ3n) is 6.55. The lowest BCUT2D eigenvalue weighted by atomic mass is 9.64. The number of aryl methyl sites for hydroxylation is 4. The van der Waals surface area contributed by atoms with Gasteiger partial charge in [0.15, 0.2) is 0 Å². The predicted molar refractivity (Wildman–Crippen MR) is 127 cm³/mol. The van der Waals surface area contributed by atoms with Crippen molar-refractivity contribution in [1.82, 2.24) is 0 Å². The Hall–Kier alpha value is -2.94. The minimum Gasteiger partial charge on any atom is -0.508 e. The third-order valence-corrected chi connectivity index (χ3v) is 6.55. The number of aromatic hydroxyl groups is 3. The summed E-state index contributed by atoms with van der Waals surface area (Å²) in [5, 5.41) is 29.0. The second-order valence-corrected chi connectivity index (χ2v) is 8.90. The molecular formula is C28H34O3. The lowest BCUT2D eigenvalue weighted by Crippen LogP contribution is -2.31. The van der Waals surface area contributed by atoms with Gasteiger partial charge in [-0.15, -0.1) is 0 Å². The van der Waals surface area contributed by atoms with E-state index in [-0.39, 0.29) is 5.41 Å². The van der Waals surface area contributed by atoms with E-state index in [1.54, 1.807) is 24.3 Å². The van der Waals surface area contributed by atoms with Crippen LogP contribution >= 0.6 is 0 Å². The zero-order valence-corrected chi connectivity index (χ0v) is 19.1. The molecule has 3 aromatic rings. The molecule has 3 heteroatoms. The van der Waals surface area contributed by atoms with Crippen molar-refractivity contribution < 1.29 is 15.3 Å². The van der Waals surface area contributed by atoms with E-state index in [1.165, 1.54) is 30.4 Å². The van der Waals surface area contributed by atoms with Crippen LogP contribution in [0.1, 0.15) is 65.5 Å². The van der Waals surface area contributed by atoms with Gasteiger partial charge in [0.25, 0.3) is 0 Å². The molecule has 0 aromatic heterocycles. The molecule has 3 N–H and O–H groups in total. The molecule has 0 unspecified atom stereocenters. The molecule has 0 atom stereocenters. The molecule has 0 radical (unpaired) electrons. The SMILES string of the molecule is Cc1cc(C2(c3cc(C)c(O)c(C)c3)CCCCC2)cc(C)c1O.Oc1ccccc1. The van der Waals surface area contributed by atoms with Crippen molar-refractivity contribution >= 4 is 0 Å². The van der Waals surface area contributed by atoms with Gasteiger partial charge in [0.2, 0.25) is 0 Å². The van der Waals surface area contributed by atoms with Crippen molar-refractivity contribution in [1.29, 1.82) is 0 Å². The topological polar surface area (TPSA) is 60.7 Å². The molecular weight excluding hydrogens is 384 g/mol. The minimum atomic E-state index is -0.00924. The summed E-state index contributed by atoms with van der Waals surface area (Å²) in [5.74, 6) is 1.13. The predicted octanol–water partition coefficient (Wildman–Crippen LogP) is 6.97. The maximum absolute atomic E-state index is 10.2. The van der Waals surface area contributed by atoms with Gasteiger partial charge in [0.05, 0.1) is 0 Å². The highest BCUT2D eigenvalue weighted by atomic mass is 16.3. The Morgan fingerprint density at radius 1 is 0.581 bits per heavy atom. The number of phenols is 3. The van der Waals surface area contributed by atoms with Crippen molar-refractivity contribution in [2.75, 3.05) is 0 Å². The summed E-state index contributed by atoms with van der Waals surface area (Å²) in [4.78, 5) is 0. The fourth-order valence-electron chi connectivity index (χ4n) is 4.79. The van der Waals surface area contributed by atoms with Crippen LogP contribution in [0.4, 0.5) is 0 Å². The Morgan fingerprint density at radius 2 is 0.968 bits per heavy atom. The van der Waals surface area contributed by atoms with Crippen LogP contribution in [-0.2, 0) is 5.41 Å². The van der Waals surface area contributed by atoms with Crippen molar-refractivity contribution in [3.63, 3.8) is 0 Å². The minimum absolute atomic E-state index is 0.00924. The van der Waals surface area contributed by atoms with Gasteiger partial charge in [-0.05, 0) is 86.1 Å². The highest BCUT2D eigenvalue weighted by Gasteiger charge is 2.36. The van der Waals surface area contributed by atoms with E-state index in [1.807, 2.05) is 33.8 Å². The van der Waals surface area contributed by atoms with Gasteiger partial charge in [-0.1, -0.05) is 61.7 Å². The number of hydrogen-bond donors (Lipinski definition) is 3. The lowest BCUT2D eigenvalue weighted by Gasteiger charge is -2.39. The summed E-state index contributed by atoms with van der Waals surface area (Å²) >= 11 is 0. The Bertz CT molecular complexity index is 926. The van der Waals surface area contributed by atoms with Crippen LogP contribution in [0.15, 0.2) is 54.6 Å². The molecule has 1 aliphatic rings. The molecule has 0 aliphatic heterocycles. The maximum Gasteiger partial charge on any atom is 0.121 e. The van der Waals surface area contributed by atoms with Crippen LogP contribution in [0.2, 0.25) is 0 Å². The second-order valence-electron chi connectivity index (χ2n) is 8.90. The molecule has 3 nitrogen and oxygen atoms in total. The van der Waals surface area contributed by atoms with E-state index in [9.17, 15) is 10.2 Å². The van der Waals surface area contributed by atoms with E-state index in [0.29, 0.717) is 17.2 Å². The Labute approximate surface area is 186 Å². The van der Waals surface area contributed by atoms with Crippen LogP contribution in [-0.4, -0.2) is 15.3 Å². The first-order valence-corrected chi connectivity index (χ1v) is 11.1. The molecule has 0 heterocycles. The van der Waals surface area contributed by atoms with Crippen molar-refractivity contribution in [2.24, 2.45) is 0 Å². The van der Waals surface area contributed by atoms with E-state index >= 15 is 0 Å². The smallest absolute Gasteiger partial charge is 0.121 e. The molecule has 1 fully saturated rings. The Kier molecular flexibility index (Phi) is 6.94. The van der Waals surface area contributed by atoms with Crippen LogP contribution < -0.4 is 0 Å². The normalized spacial score (nSPS) is 15.1. The second kappa shape index (κ2) is 9.47. The number of phenolic OH excluding ortho intramolecular Hbond substituents is 3. The summed E-state index contributed by atoms with van der Waals surface area (Å²) in [6.07, 6.45) is 5.98. The highest BCUT2D eigenvalue weighted by Crippen LogP contribution is 2.47. The van der Waals surface area contributed by atoms with Gasteiger partial charge >= 0.3 is 0 Å².